The maximum absolute atomic E-state index is 13.7. The van der Waals surface area contributed by atoms with E-state index in [1.807, 2.05) is 30.6 Å². The van der Waals surface area contributed by atoms with Crippen molar-refractivity contribution in [2.45, 2.75) is 12.5 Å². The van der Waals surface area contributed by atoms with Gasteiger partial charge in [0.2, 0.25) is 0 Å². The molecule has 1 atom stereocenters. The van der Waals surface area contributed by atoms with E-state index in [1.54, 1.807) is 17.4 Å². The van der Waals surface area contributed by atoms with Gasteiger partial charge in [-0.1, -0.05) is 18.2 Å². The minimum atomic E-state index is -0.153. The molecule has 0 aliphatic carbocycles. The SMILES string of the molecule is CNC(Cc1sccc1Br)c1ccccc1F. The quantitative estimate of drug-likeness (QED) is 0.894. The molecule has 1 nitrogen and oxygen atoms in total. The summed E-state index contributed by atoms with van der Waals surface area (Å²) in [4.78, 5) is 1.23. The Hall–Kier alpha value is -0.710. The molecule has 90 valence electrons. The standard InChI is InChI=1S/C13H13BrFNS/c1-16-12(8-13-10(14)6-7-17-13)9-4-2-3-5-11(9)15/h2-7,12,16H,8H2,1H3. The van der Waals surface area contributed by atoms with Gasteiger partial charge < -0.3 is 5.32 Å². The summed E-state index contributed by atoms with van der Waals surface area (Å²) in [6.07, 6.45) is 0.787. The van der Waals surface area contributed by atoms with Crippen molar-refractivity contribution in [3.63, 3.8) is 0 Å². The average molecular weight is 314 g/mol. The summed E-state index contributed by atoms with van der Waals surface area (Å²) in [5.74, 6) is -0.153. The molecule has 17 heavy (non-hydrogen) atoms. The van der Waals surface area contributed by atoms with Gasteiger partial charge in [0, 0.05) is 27.4 Å². The lowest BCUT2D eigenvalue weighted by Gasteiger charge is -2.16. The highest BCUT2D eigenvalue weighted by molar-refractivity contribution is 9.10. The predicted molar refractivity (Wildman–Crippen MR) is 73.9 cm³/mol. The van der Waals surface area contributed by atoms with E-state index < -0.39 is 0 Å². The maximum atomic E-state index is 13.7. The van der Waals surface area contributed by atoms with Crippen LogP contribution in [-0.2, 0) is 6.42 Å². The van der Waals surface area contributed by atoms with Crippen molar-refractivity contribution in [3.05, 3.63) is 56.4 Å². The molecule has 0 fully saturated rings. The summed E-state index contributed by atoms with van der Waals surface area (Å²) < 4.78 is 14.8. The smallest absolute Gasteiger partial charge is 0.127 e. The minimum Gasteiger partial charge on any atom is -0.313 e. The monoisotopic (exact) mass is 313 g/mol. The lowest BCUT2D eigenvalue weighted by atomic mass is 10.0. The van der Waals surface area contributed by atoms with Crippen molar-refractivity contribution in [2.24, 2.45) is 0 Å². The highest BCUT2D eigenvalue weighted by atomic mass is 79.9. The fraction of sp³-hybridized carbons (Fsp3) is 0.231. The third-order valence-electron chi connectivity index (χ3n) is 2.71. The molecule has 0 spiro atoms. The third kappa shape index (κ3) is 2.94. The first-order chi connectivity index (χ1) is 8.22. The van der Waals surface area contributed by atoms with Crippen LogP contribution in [0.25, 0.3) is 0 Å². The van der Waals surface area contributed by atoms with E-state index in [2.05, 4.69) is 21.2 Å². The normalized spacial score (nSPS) is 12.6. The van der Waals surface area contributed by atoms with Crippen molar-refractivity contribution in [3.8, 4) is 0 Å². The van der Waals surface area contributed by atoms with Crippen molar-refractivity contribution in [2.75, 3.05) is 7.05 Å². The minimum absolute atomic E-state index is 0.00569. The van der Waals surface area contributed by atoms with Gasteiger partial charge in [0.25, 0.3) is 0 Å². The molecule has 1 aromatic heterocycles. The van der Waals surface area contributed by atoms with E-state index in [0.717, 1.165) is 16.5 Å². The van der Waals surface area contributed by atoms with E-state index in [4.69, 9.17) is 0 Å². The molecular formula is C13H13BrFNS. The van der Waals surface area contributed by atoms with Gasteiger partial charge >= 0.3 is 0 Å². The third-order valence-corrected chi connectivity index (χ3v) is 4.66. The molecule has 1 aromatic carbocycles. The van der Waals surface area contributed by atoms with Gasteiger partial charge in [0.1, 0.15) is 5.82 Å². The Morgan fingerprint density at radius 3 is 2.71 bits per heavy atom. The Bertz CT molecular complexity index is 498. The number of hydrogen-bond donors (Lipinski definition) is 1. The van der Waals surface area contributed by atoms with Gasteiger partial charge in [-0.05, 0) is 40.5 Å². The molecule has 0 bridgehead atoms. The van der Waals surface area contributed by atoms with Crippen LogP contribution in [0, 0.1) is 5.82 Å². The van der Waals surface area contributed by atoms with Crippen LogP contribution in [0.2, 0.25) is 0 Å². The van der Waals surface area contributed by atoms with Crippen LogP contribution in [0.4, 0.5) is 4.39 Å². The van der Waals surface area contributed by atoms with Crippen molar-refractivity contribution in [1.82, 2.24) is 5.32 Å². The van der Waals surface area contributed by atoms with Crippen LogP contribution in [0.3, 0.4) is 0 Å². The Morgan fingerprint density at radius 2 is 2.12 bits per heavy atom. The second kappa shape index (κ2) is 5.76. The molecule has 0 aliphatic heterocycles. The Balaban J connectivity index is 2.23. The second-order valence-electron chi connectivity index (χ2n) is 3.76. The molecule has 2 rings (SSSR count). The number of thiophene rings is 1. The molecular weight excluding hydrogens is 301 g/mol. The lowest BCUT2D eigenvalue weighted by molar-refractivity contribution is 0.536. The molecule has 1 N–H and O–H groups in total. The zero-order chi connectivity index (χ0) is 12.3. The van der Waals surface area contributed by atoms with Crippen LogP contribution in [-0.4, -0.2) is 7.05 Å². The Labute approximate surface area is 113 Å². The zero-order valence-corrected chi connectivity index (χ0v) is 11.8. The van der Waals surface area contributed by atoms with Gasteiger partial charge in [-0.15, -0.1) is 11.3 Å². The first-order valence-corrected chi connectivity index (χ1v) is 7.03. The lowest BCUT2D eigenvalue weighted by Crippen LogP contribution is -2.19. The number of nitrogens with one attached hydrogen (secondary N) is 1. The van der Waals surface area contributed by atoms with Crippen LogP contribution in [0.1, 0.15) is 16.5 Å². The molecule has 0 saturated heterocycles. The van der Waals surface area contributed by atoms with Crippen LogP contribution >= 0.6 is 27.3 Å². The summed E-state index contributed by atoms with van der Waals surface area (Å²) >= 11 is 5.19. The number of benzene rings is 1. The Kier molecular flexibility index (Phi) is 4.31. The number of likely N-dealkylation sites (N-methyl/N-ethyl adjacent to an activating group) is 1. The summed E-state index contributed by atoms with van der Waals surface area (Å²) in [5, 5.41) is 5.21. The summed E-state index contributed by atoms with van der Waals surface area (Å²) in [7, 11) is 1.86. The molecule has 0 radical (unpaired) electrons. The van der Waals surface area contributed by atoms with E-state index in [9.17, 15) is 4.39 Å². The molecule has 2 aromatic rings. The van der Waals surface area contributed by atoms with Gasteiger partial charge in [-0.2, -0.15) is 0 Å². The first kappa shape index (κ1) is 12.7. The van der Waals surface area contributed by atoms with Gasteiger partial charge in [0.15, 0.2) is 0 Å². The highest BCUT2D eigenvalue weighted by Gasteiger charge is 2.15. The molecule has 1 heterocycles. The van der Waals surface area contributed by atoms with Crippen molar-refractivity contribution < 1.29 is 4.39 Å². The van der Waals surface area contributed by atoms with E-state index >= 15 is 0 Å². The number of halogens is 2. The van der Waals surface area contributed by atoms with E-state index in [1.165, 1.54) is 10.9 Å². The van der Waals surface area contributed by atoms with Gasteiger partial charge in [-0.3, -0.25) is 0 Å². The molecule has 1 unspecified atom stereocenters. The number of rotatable bonds is 4. The first-order valence-electron chi connectivity index (χ1n) is 5.36. The van der Waals surface area contributed by atoms with Crippen LogP contribution in [0.5, 0.6) is 0 Å². The molecule has 0 amide bonds. The van der Waals surface area contributed by atoms with Gasteiger partial charge in [-0.25, -0.2) is 4.39 Å². The predicted octanol–water partition coefficient (Wildman–Crippen LogP) is 4.15. The largest absolute Gasteiger partial charge is 0.313 e. The van der Waals surface area contributed by atoms with E-state index in [-0.39, 0.29) is 11.9 Å². The van der Waals surface area contributed by atoms with Crippen LogP contribution < -0.4 is 5.32 Å². The molecule has 4 heteroatoms. The summed E-state index contributed by atoms with van der Waals surface area (Å²) in [6, 6.07) is 8.94. The molecule has 0 aliphatic rings. The second-order valence-corrected chi connectivity index (χ2v) is 5.61. The summed E-state index contributed by atoms with van der Waals surface area (Å²) in [5.41, 5.74) is 0.718. The Morgan fingerprint density at radius 1 is 1.35 bits per heavy atom. The summed E-state index contributed by atoms with van der Waals surface area (Å²) in [6.45, 7) is 0. The topological polar surface area (TPSA) is 12.0 Å². The fourth-order valence-corrected chi connectivity index (χ4v) is 3.34. The van der Waals surface area contributed by atoms with Crippen LogP contribution in [0.15, 0.2) is 40.2 Å². The van der Waals surface area contributed by atoms with Crippen molar-refractivity contribution in [1.29, 1.82) is 0 Å². The molecule has 0 saturated carbocycles. The zero-order valence-electron chi connectivity index (χ0n) is 9.41. The van der Waals surface area contributed by atoms with E-state index in [0.29, 0.717) is 0 Å². The fourth-order valence-electron chi connectivity index (χ4n) is 1.78. The van der Waals surface area contributed by atoms with Gasteiger partial charge in [0.05, 0.1) is 0 Å². The highest BCUT2D eigenvalue weighted by Crippen LogP contribution is 2.28. The average Bonchev–Trinajstić information content (AvgIpc) is 2.73. The number of hydrogen-bond acceptors (Lipinski definition) is 2. The maximum Gasteiger partial charge on any atom is 0.127 e. The van der Waals surface area contributed by atoms with Crippen molar-refractivity contribution >= 4 is 27.3 Å².